The molecule has 4 nitrogen and oxygen atoms in total. The summed E-state index contributed by atoms with van der Waals surface area (Å²) in [5.41, 5.74) is 1.02. The van der Waals surface area contributed by atoms with E-state index in [1.807, 2.05) is 6.07 Å². The summed E-state index contributed by atoms with van der Waals surface area (Å²) in [7, 11) is -3.04. The molecular weight excluding hydrogens is 359 g/mol. The second-order valence-electron chi connectivity index (χ2n) is 6.84. The molecule has 0 amide bonds. The van der Waals surface area contributed by atoms with Crippen molar-refractivity contribution in [1.29, 1.82) is 0 Å². The topological polar surface area (TPSA) is 40.6 Å². The molecule has 2 unspecified atom stereocenters. The van der Waals surface area contributed by atoms with E-state index in [-0.39, 0.29) is 22.9 Å². The van der Waals surface area contributed by atoms with Crippen LogP contribution in [0.2, 0.25) is 0 Å². The van der Waals surface area contributed by atoms with E-state index in [4.69, 9.17) is 0 Å². The zero-order chi connectivity index (χ0) is 17.4. The molecular formula is C18H21FN2O2S2. The van der Waals surface area contributed by atoms with E-state index in [1.165, 1.54) is 17.0 Å². The van der Waals surface area contributed by atoms with Crippen LogP contribution in [-0.4, -0.2) is 54.9 Å². The quantitative estimate of drug-likeness (QED) is 0.817. The summed E-state index contributed by atoms with van der Waals surface area (Å²) in [4.78, 5) is 5.77. The molecule has 0 radical (unpaired) electrons. The molecule has 2 saturated heterocycles. The van der Waals surface area contributed by atoms with Gasteiger partial charge in [0.25, 0.3) is 0 Å². The Labute approximate surface area is 151 Å². The third-order valence-electron chi connectivity index (χ3n) is 5.16. The Hall–Kier alpha value is -1.28. The van der Waals surface area contributed by atoms with E-state index < -0.39 is 9.84 Å². The van der Waals surface area contributed by atoms with Crippen molar-refractivity contribution in [1.82, 2.24) is 9.80 Å². The number of nitrogens with zero attached hydrogens (tertiary/aromatic N) is 2. The van der Waals surface area contributed by atoms with Gasteiger partial charge in [0.1, 0.15) is 5.82 Å². The third-order valence-corrected chi connectivity index (χ3v) is 8.16. The van der Waals surface area contributed by atoms with Crippen LogP contribution in [0.3, 0.4) is 0 Å². The molecule has 1 aromatic heterocycles. The van der Waals surface area contributed by atoms with Crippen LogP contribution >= 0.6 is 11.3 Å². The number of benzene rings is 1. The van der Waals surface area contributed by atoms with E-state index in [0.29, 0.717) is 19.6 Å². The Morgan fingerprint density at radius 1 is 1.12 bits per heavy atom. The molecule has 2 aromatic rings. The van der Waals surface area contributed by atoms with Gasteiger partial charge in [-0.2, -0.15) is 0 Å². The summed E-state index contributed by atoms with van der Waals surface area (Å²) in [5.74, 6) is -0.0341. The fourth-order valence-electron chi connectivity index (χ4n) is 3.87. The summed E-state index contributed by atoms with van der Waals surface area (Å²) < 4.78 is 38.2. The Morgan fingerprint density at radius 3 is 2.64 bits per heavy atom. The number of halogens is 1. The third kappa shape index (κ3) is 3.65. The molecule has 3 heterocycles. The van der Waals surface area contributed by atoms with Crippen LogP contribution in [0, 0.1) is 5.82 Å². The maximum absolute atomic E-state index is 13.1. The highest BCUT2D eigenvalue weighted by molar-refractivity contribution is 7.92. The van der Waals surface area contributed by atoms with Crippen LogP contribution < -0.4 is 0 Å². The van der Waals surface area contributed by atoms with Gasteiger partial charge in [-0.25, -0.2) is 12.8 Å². The highest BCUT2D eigenvalue weighted by Crippen LogP contribution is 2.30. The number of fused-ring (bicyclic) bond motifs is 1. The van der Waals surface area contributed by atoms with Gasteiger partial charge < -0.3 is 0 Å². The molecule has 1 aromatic carbocycles. The first kappa shape index (κ1) is 17.1. The number of sulfone groups is 1. The van der Waals surface area contributed by atoms with Gasteiger partial charge in [-0.1, -0.05) is 18.2 Å². The van der Waals surface area contributed by atoms with Gasteiger partial charge in [0.05, 0.1) is 11.0 Å². The highest BCUT2D eigenvalue weighted by Gasteiger charge is 2.47. The average Bonchev–Trinajstić information content (AvgIpc) is 3.23. The minimum atomic E-state index is -3.04. The van der Waals surface area contributed by atoms with Crippen LogP contribution in [0.1, 0.15) is 10.4 Å². The molecule has 2 aliphatic rings. The molecule has 2 fully saturated rings. The maximum Gasteiger partial charge on any atom is 0.157 e. The van der Waals surface area contributed by atoms with Crippen molar-refractivity contribution in [2.45, 2.75) is 24.4 Å². The molecule has 2 aliphatic heterocycles. The summed E-state index contributed by atoms with van der Waals surface area (Å²) in [5, 5.41) is 1.73. The smallest absolute Gasteiger partial charge is 0.157 e. The molecule has 134 valence electrons. The van der Waals surface area contributed by atoms with Crippen molar-refractivity contribution in [2.75, 3.05) is 25.4 Å². The second kappa shape index (κ2) is 6.79. The zero-order valence-corrected chi connectivity index (χ0v) is 15.5. The van der Waals surface area contributed by atoms with E-state index in [2.05, 4.69) is 21.2 Å². The SMILES string of the molecule is O=S1(=O)CCN(Cc2ccc(F)cc2)C2CN(Cc3cccs3)CC21. The summed E-state index contributed by atoms with van der Waals surface area (Å²) in [6, 6.07) is 10.6. The van der Waals surface area contributed by atoms with Gasteiger partial charge in [0.2, 0.25) is 0 Å². The van der Waals surface area contributed by atoms with Crippen LogP contribution in [0.5, 0.6) is 0 Å². The summed E-state index contributed by atoms with van der Waals surface area (Å²) in [6.45, 7) is 3.40. The molecule has 25 heavy (non-hydrogen) atoms. The minimum Gasteiger partial charge on any atom is -0.295 e. The van der Waals surface area contributed by atoms with Gasteiger partial charge in [-0.15, -0.1) is 11.3 Å². The lowest BCUT2D eigenvalue weighted by molar-refractivity contribution is 0.186. The summed E-state index contributed by atoms with van der Waals surface area (Å²) >= 11 is 1.71. The molecule has 0 aliphatic carbocycles. The Bertz CT molecular complexity index is 821. The number of thiophene rings is 1. The average molecular weight is 381 g/mol. The second-order valence-corrected chi connectivity index (χ2v) is 10.2. The number of rotatable bonds is 4. The fourth-order valence-corrected chi connectivity index (χ4v) is 6.58. The molecule has 2 atom stereocenters. The van der Waals surface area contributed by atoms with Crippen LogP contribution in [0.15, 0.2) is 41.8 Å². The van der Waals surface area contributed by atoms with E-state index in [0.717, 1.165) is 18.7 Å². The first-order chi connectivity index (χ1) is 12.0. The van der Waals surface area contributed by atoms with Gasteiger partial charge >= 0.3 is 0 Å². The van der Waals surface area contributed by atoms with Crippen molar-refractivity contribution in [3.8, 4) is 0 Å². The lowest BCUT2D eigenvalue weighted by Crippen LogP contribution is -2.53. The molecule has 4 rings (SSSR count). The van der Waals surface area contributed by atoms with Crippen LogP contribution in [0.25, 0.3) is 0 Å². The van der Waals surface area contributed by atoms with Gasteiger partial charge in [-0.05, 0) is 29.1 Å². The minimum absolute atomic E-state index is 0.0174. The predicted octanol–water partition coefficient (Wildman–Crippen LogP) is 2.37. The molecule has 0 N–H and O–H groups in total. The highest BCUT2D eigenvalue weighted by atomic mass is 32.2. The fraction of sp³-hybridized carbons (Fsp3) is 0.444. The van der Waals surface area contributed by atoms with E-state index >= 15 is 0 Å². The zero-order valence-electron chi connectivity index (χ0n) is 13.8. The van der Waals surface area contributed by atoms with Crippen molar-refractivity contribution in [3.05, 3.63) is 58.0 Å². The summed E-state index contributed by atoms with van der Waals surface area (Å²) in [6.07, 6.45) is 0. The molecule has 0 saturated carbocycles. The van der Waals surface area contributed by atoms with Gasteiger partial charge in [-0.3, -0.25) is 9.80 Å². The molecule has 7 heteroatoms. The Balaban J connectivity index is 1.51. The van der Waals surface area contributed by atoms with E-state index in [9.17, 15) is 12.8 Å². The van der Waals surface area contributed by atoms with Crippen LogP contribution in [0.4, 0.5) is 4.39 Å². The predicted molar refractivity (Wildman–Crippen MR) is 97.8 cm³/mol. The Morgan fingerprint density at radius 2 is 1.92 bits per heavy atom. The maximum atomic E-state index is 13.1. The van der Waals surface area contributed by atoms with Crippen molar-refractivity contribution in [3.63, 3.8) is 0 Å². The number of hydrogen-bond acceptors (Lipinski definition) is 5. The lowest BCUT2D eigenvalue weighted by atomic mass is 10.1. The normalized spacial score (nSPS) is 26.6. The van der Waals surface area contributed by atoms with E-state index in [1.54, 1.807) is 23.5 Å². The molecule has 0 bridgehead atoms. The van der Waals surface area contributed by atoms with Gasteiger partial charge in [0, 0.05) is 43.6 Å². The Kier molecular flexibility index (Phi) is 4.66. The van der Waals surface area contributed by atoms with Gasteiger partial charge in [0.15, 0.2) is 9.84 Å². The number of likely N-dealkylation sites (tertiary alicyclic amines) is 1. The largest absolute Gasteiger partial charge is 0.295 e. The standard InChI is InChI=1S/C18H21FN2O2S2/c19-15-5-3-14(4-6-15)10-21-7-9-25(22,23)18-13-20(12-17(18)21)11-16-2-1-8-24-16/h1-6,8,17-18H,7,9-13H2. The first-order valence-corrected chi connectivity index (χ1v) is 11.1. The monoisotopic (exact) mass is 380 g/mol. The van der Waals surface area contributed by atoms with Crippen LogP contribution in [-0.2, 0) is 22.9 Å². The van der Waals surface area contributed by atoms with Crippen molar-refractivity contribution >= 4 is 21.2 Å². The first-order valence-electron chi connectivity index (χ1n) is 8.46. The number of hydrogen-bond donors (Lipinski definition) is 0. The lowest BCUT2D eigenvalue weighted by Gasteiger charge is -2.36. The van der Waals surface area contributed by atoms with Crippen molar-refractivity contribution in [2.24, 2.45) is 0 Å². The molecule has 0 spiro atoms. The van der Waals surface area contributed by atoms with Crippen molar-refractivity contribution < 1.29 is 12.8 Å².